The van der Waals surface area contributed by atoms with Gasteiger partial charge in [-0.3, -0.25) is 4.79 Å². The molecule has 1 aromatic heterocycles. The van der Waals surface area contributed by atoms with Crippen LogP contribution in [0.3, 0.4) is 0 Å². The molecule has 0 radical (unpaired) electrons. The number of piperidine rings is 1. The Labute approximate surface area is 195 Å². The third-order valence-electron chi connectivity index (χ3n) is 6.70. The first kappa shape index (κ1) is 21.5. The number of carbonyl (C=O) groups is 1. The van der Waals surface area contributed by atoms with Gasteiger partial charge in [-0.2, -0.15) is 0 Å². The highest BCUT2D eigenvalue weighted by atomic mass is 16.2. The minimum absolute atomic E-state index is 0.0944. The quantitative estimate of drug-likeness (QED) is 0.496. The summed E-state index contributed by atoms with van der Waals surface area (Å²) < 4.78 is 0. The Morgan fingerprint density at radius 1 is 1.12 bits per heavy atom. The number of hydrogen-bond donors (Lipinski definition) is 3. The molecule has 1 saturated heterocycles. The molecule has 3 aromatic rings. The molecule has 1 amide bonds. The van der Waals surface area contributed by atoms with E-state index in [0.29, 0.717) is 17.4 Å². The highest BCUT2D eigenvalue weighted by molar-refractivity contribution is 6.38. The maximum atomic E-state index is 13.2. The van der Waals surface area contributed by atoms with Crippen molar-refractivity contribution in [2.24, 2.45) is 0 Å². The summed E-state index contributed by atoms with van der Waals surface area (Å²) in [4.78, 5) is 23.7. The molecule has 0 aliphatic carbocycles. The standard InChI is InChI=1S/C27H31N5O/c1-4-32-13-11-20(12-14-32)30-21-9-10-23-22(15-21)25(27(33)31-23)24(26-28-16-18(3)29-26)19-7-5-17(2)6-8-19/h5-10,15-16,20,30H,4,11-14H2,1-3H3,(H,28,29)(H,31,33)/b25-24-. The number of likely N-dealkylation sites (tertiary alicyclic amines) is 1. The van der Waals surface area contributed by atoms with Crippen LogP contribution in [0.1, 0.15) is 48.0 Å². The number of H-pyrrole nitrogens is 1. The second-order valence-electron chi connectivity index (χ2n) is 9.07. The normalized spacial score (nSPS) is 18.2. The fourth-order valence-corrected chi connectivity index (χ4v) is 4.80. The monoisotopic (exact) mass is 441 g/mol. The van der Waals surface area contributed by atoms with E-state index < -0.39 is 0 Å². The molecular formula is C27H31N5O. The van der Waals surface area contributed by atoms with Crippen LogP contribution >= 0.6 is 0 Å². The molecular weight excluding hydrogens is 410 g/mol. The number of nitrogens with one attached hydrogen (secondary N) is 3. The zero-order valence-electron chi connectivity index (χ0n) is 19.5. The number of aryl methyl sites for hydroxylation is 2. The average Bonchev–Trinajstić information content (AvgIpc) is 3.39. The van der Waals surface area contributed by atoms with Gasteiger partial charge >= 0.3 is 0 Å². The van der Waals surface area contributed by atoms with Crippen molar-refractivity contribution in [2.45, 2.75) is 39.7 Å². The average molecular weight is 442 g/mol. The lowest BCUT2D eigenvalue weighted by molar-refractivity contribution is -0.110. The van der Waals surface area contributed by atoms with Gasteiger partial charge in [-0.1, -0.05) is 36.8 Å². The van der Waals surface area contributed by atoms with Gasteiger partial charge in [-0.15, -0.1) is 0 Å². The summed E-state index contributed by atoms with van der Waals surface area (Å²) in [7, 11) is 0. The molecule has 0 saturated carbocycles. The predicted molar refractivity (Wildman–Crippen MR) is 134 cm³/mol. The molecule has 6 heteroatoms. The van der Waals surface area contributed by atoms with Gasteiger partial charge in [0.25, 0.3) is 5.91 Å². The van der Waals surface area contributed by atoms with Crippen LogP contribution in [0.25, 0.3) is 11.1 Å². The number of nitrogens with zero attached hydrogens (tertiary/aromatic N) is 2. The number of aromatic amines is 1. The summed E-state index contributed by atoms with van der Waals surface area (Å²) in [5.74, 6) is 0.614. The molecule has 6 nitrogen and oxygen atoms in total. The number of hydrogen-bond acceptors (Lipinski definition) is 4. The SMILES string of the molecule is CCN1CCC(Nc2ccc3c(c2)/C(=C(\c2ccc(C)cc2)c2nc(C)c[nH]2)C(=O)N3)CC1. The largest absolute Gasteiger partial charge is 0.382 e. The van der Waals surface area contributed by atoms with Crippen molar-refractivity contribution in [1.29, 1.82) is 0 Å². The van der Waals surface area contributed by atoms with Crippen LogP contribution in [0.5, 0.6) is 0 Å². The van der Waals surface area contributed by atoms with E-state index in [1.165, 1.54) is 5.56 Å². The van der Waals surface area contributed by atoms with Gasteiger partial charge in [0, 0.05) is 47.8 Å². The third kappa shape index (κ3) is 4.31. The number of fused-ring (bicyclic) bond motifs is 1. The summed E-state index contributed by atoms with van der Waals surface area (Å²) in [6, 6.07) is 14.9. The Balaban J connectivity index is 1.55. The Kier molecular flexibility index (Phi) is 5.77. The molecule has 3 heterocycles. The minimum atomic E-state index is -0.0944. The number of aromatic nitrogens is 2. The second kappa shape index (κ2) is 8.87. The summed E-state index contributed by atoms with van der Waals surface area (Å²) in [6.07, 6.45) is 4.13. The van der Waals surface area contributed by atoms with Crippen molar-refractivity contribution in [3.05, 3.63) is 76.9 Å². The number of carbonyl (C=O) groups excluding carboxylic acids is 1. The van der Waals surface area contributed by atoms with Gasteiger partial charge in [0.05, 0.1) is 11.3 Å². The molecule has 0 atom stereocenters. The zero-order chi connectivity index (χ0) is 22.9. The Morgan fingerprint density at radius 2 is 1.88 bits per heavy atom. The molecule has 2 aliphatic rings. The number of anilines is 2. The van der Waals surface area contributed by atoms with Gasteiger partial charge < -0.3 is 20.5 Å². The fraction of sp³-hybridized carbons (Fsp3) is 0.333. The van der Waals surface area contributed by atoms with E-state index in [4.69, 9.17) is 0 Å². The van der Waals surface area contributed by atoms with Gasteiger partial charge in [-0.05, 0) is 57.0 Å². The van der Waals surface area contributed by atoms with E-state index in [0.717, 1.165) is 66.2 Å². The summed E-state index contributed by atoms with van der Waals surface area (Å²) >= 11 is 0. The van der Waals surface area contributed by atoms with Crippen LogP contribution in [-0.2, 0) is 4.79 Å². The van der Waals surface area contributed by atoms with Crippen LogP contribution in [-0.4, -0.2) is 46.5 Å². The molecule has 5 rings (SSSR count). The van der Waals surface area contributed by atoms with Gasteiger partial charge in [0.15, 0.2) is 0 Å². The fourth-order valence-electron chi connectivity index (χ4n) is 4.80. The van der Waals surface area contributed by atoms with Crippen LogP contribution in [0.4, 0.5) is 11.4 Å². The third-order valence-corrected chi connectivity index (χ3v) is 6.70. The van der Waals surface area contributed by atoms with E-state index >= 15 is 0 Å². The summed E-state index contributed by atoms with van der Waals surface area (Å²) in [6.45, 7) is 9.60. The predicted octanol–water partition coefficient (Wildman–Crippen LogP) is 4.83. The zero-order valence-corrected chi connectivity index (χ0v) is 19.5. The highest BCUT2D eigenvalue weighted by Gasteiger charge is 2.30. The lowest BCUT2D eigenvalue weighted by atomic mass is 9.94. The lowest BCUT2D eigenvalue weighted by Gasteiger charge is -2.32. The first-order valence-electron chi connectivity index (χ1n) is 11.8. The highest BCUT2D eigenvalue weighted by Crippen LogP contribution is 2.40. The molecule has 0 unspecified atom stereocenters. The molecule has 2 aromatic carbocycles. The number of benzene rings is 2. The van der Waals surface area contributed by atoms with Gasteiger partial charge in [-0.25, -0.2) is 4.98 Å². The Morgan fingerprint density at radius 3 is 2.55 bits per heavy atom. The van der Waals surface area contributed by atoms with Crippen LogP contribution in [0.2, 0.25) is 0 Å². The van der Waals surface area contributed by atoms with Crippen molar-refractivity contribution in [1.82, 2.24) is 14.9 Å². The van der Waals surface area contributed by atoms with Gasteiger partial charge in [0.1, 0.15) is 5.82 Å². The van der Waals surface area contributed by atoms with Crippen molar-refractivity contribution < 1.29 is 4.79 Å². The molecule has 1 fully saturated rings. The topological polar surface area (TPSA) is 73.0 Å². The maximum Gasteiger partial charge on any atom is 0.257 e. The first-order valence-corrected chi connectivity index (χ1v) is 11.8. The smallest absolute Gasteiger partial charge is 0.257 e. The first-order chi connectivity index (χ1) is 16.0. The van der Waals surface area contributed by atoms with Gasteiger partial charge in [0.2, 0.25) is 0 Å². The maximum absolute atomic E-state index is 13.2. The van der Waals surface area contributed by atoms with Crippen LogP contribution in [0.15, 0.2) is 48.7 Å². The molecule has 0 bridgehead atoms. The lowest BCUT2D eigenvalue weighted by Crippen LogP contribution is -2.38. The second-order valence-corrected chi connectivity index (χ2v) is 9.07. The Bertz CT molecular complexity index is 1200. The van der Waals surface area contributed by atoms with E-state index in [9.17, 15) is 4.79 Å². The summed E-state index contributed by atoms with van der Waals surface area (Å²) in [5, 5.41) is 6.77. The molecule has 2 aliphatic heterocycles. The number of amides is 1. The van der Waals surface area contributed by atoms with E-state index in [-0.39, 0.29) is 5.91 Å². The van der Waals surface area contributed by atoms with Crippen molar-refractivity contribution in [3.63, 3.8) is 0 Å². The van der Waals surface area contributed by atoms with Crippen LogP contribution < -0.4 is 10.6 Å². The summed E-state index contributed by atoms with van der Waals surface area (Å²) in [5.41, 5.74) is 7.34. The van der Waals surface area contributed by atoms with Crippen molar-refractivity contribution in [3.8, 4) is 0 Å². The van der Waals surface area contributed by atoms with Crippen LogP contribution in [0, 0.1) is 13.8 Å². The minimum Gasteiger partial charge on any atom is -0.382 e. The molecule has 33 heavy (non-hydrogen) atoms. The molecule has 170 valence electrons. The van der Waals surface area contributed by atoms with Crippen molar-refractivity contribution in [2.75, 3.05) is 30.3 Å². The number of rotatable bonds is 5. The molecule has 3 N–H and O–H groups in total. The van der Waals surface area contributed by atoms with Crippen molar-refractivity contribution >= 4 is 28.4 Å². The van der Waals surface area contributed by atoms with E-state index in [1.807, 2.05) is 19.2 Å². The van der Waals surface area contributed by atoms with E-state index in [2.05, 4.69) is 75.7 Å². The van der Waals surface area contributed by atoms with E-state index in [1.54, 1.807) is 0 Å². The molecule has 0 spiro atoms. The Hall–Kier alpha value is -3.38. The number of imidazole rings is 1.